The third kappa shape index (κ3) is 5.30. The van der Waals surface area contributed by atoms with E-state index in [-0.39, 0.29) is 21.8 Å². The van der Waals surface area contributed by atoms with Gasteiger partial charge in [-0.2, -0.15) is 0 Å². The van der Waals surface area contributed by atoms with Crippen molar-refractivity contribution in [2.24, 2.45) is 0 Å². The Morgan fingerprint density at radius 2 is 1.28 bits per heavy atom. The van der Waals surface area contributed by atoms with Crippen LogP contribution in [0.2, 0.25) is 0 Å². The van der Waals surface area contributed by atoms with Gasteiger partial charge in [-0.25, -0.2) is 25.6 Å². The summed E-state index contributed by atoms with van der Waals surface area (Å²) in [6.45, 7) is 0. The SMILES string of the molecule is O=S(=O)(Cc1ccccc1F)Nc1ccc(S(=O)(=O)Nc2ccccc2F)cc1. The average molecular weight is 438 g/mol. The van der Waals surface area contributed by atoms with Crippen molar-refractivity contribution in [2.45, 2.75) is 10.6 Å². The van der Waals surface area contributed by atoms with Gasteiger partial charge in [-0.3, -0.25) is 9.44 Å². The Morgan fingerprint density at radius 1 is 0.690 bits per heavy atom. The number of rotatable bonds is 7. The maximum atomic E-state index is 13.7. The molecule has 10 heteroatoms. The number of nitrogens with one attached hydrogen (secondary N) is 2. The molecule has 0 spiro atoms. The molecule has 3 aromatic carbocycles. The Morgan fingerprint density at radius 3 is 1.90 bits per heavy atom. The Hall–Kier alpha value is -2.98. The lowest BCUT2D eigenvalue weighted by Crippen LogP contribution is -2.16. The van der Waals surface area contributed by atoms with Crippen molar-refractivity contribution in [1.29, 1.82) is 0 Å². The molecule has 152 valence electrons. The van der Waals surface area contributed by atoms with Crippen LogP contribution in [-0.4, -0.2) is 16.8 Å². The molecule has 0 bridgehead atoms. The van der Waals surface area contributed by atoms with Gasteiger partial charge in [-0.15, -0.1) is 0 Å². The van der Waals surface area contributed by atoms with Crippen molar-refractivity contribution in [3.63, 3.8) is 0 Å². The Bertz CT molecular complexity index is 1230. The largest absolute Gasteiger partial charge is 0.283 e. The molecule has 0 aromatic heterocycles. The summed E-state index contributed by atoms with van der Waals surface area (Å²) in [5.41, 5.74) is -0.0957. The minimum Gasteiger partial charge on any atom is -0.283 e. The number of hydrogen-bond acceptors (Lipinski definition) is 4. The van der Waals surface area contributed by atoms with E-state index in [0.29, 0.717) is 0 Å². The first kappa shape index (κ1) is 20.7. The minimum absolute atomic E-state index is 0.00767. The molecule has 3 aromatic rings. The van der Waals surface area contributed by atoms with E-state index in [9.17, 15) is 25.6 Å². The van der Waals surface area contributed by atoms with Crippen LogP contribution in [0.1, 0.15) is 5.56 Å². The second-order valence-electron chi connectivity index (χ2n) is 6.06. The van der Waals surface area contributed by atoms with Crippen LogP contribution in [0.5, 0.6) is 0 Å². The topological polar surface area (TPSA) is 92.3 Å². The van der Waals surface area contributed by atoms with E-state index in [1.807, 2.05) is 0 Å². The predicted molar refractivity (Wildman–Crippen MR) is 106 cm³/mol. The lowest BCUT2D eigenvalue weighted by molar-refractivity contribution is 0.591. The van der Waals surface area contributed by atoms with Crippen LogP contribution in [0.3, 0.4) is 0 Å². The molecular formula is C19H16F2N2O4S2. The van der Waals surface area contributed by atoms with E-state index in [1.165, 1.54) is 60.7 Å². The van der Waals surface area contributed by atoms with E-state index in [1.54, 1.807) is 0 Å². The quantitative estimate of drug-likeness (QED) is 0.588. The molecule has 0 aliphatic heterocycles. The van der Waals surface area contributed by atoms with Crippen LogP contribution in [0.4, 0.5) is 20.2 Å². The minimum atomic E-state index is -4.07. The Kier molecular flexibility index (Phi) is 5.85. The first-order chi connectivity index (χ1) is 13.7. The number of sulfonamides is 2. The van der Waals surface area contributed by atoms with Gasteiger partial charge in [0.1, 0.15) is 11.6 Å². The Balaban J connectivity index is 1.74. The average Bonchev–Trinajstić information content (AvgIpc) is 2.65. The van der Waals surface area contributed by atoms with E-state index in [4.69, 9.17) is 0 Å². The number of halogens is 2. The predicted octanol–water partition coefficient (Wildman–Crippen LogP) is 3.71. The van der Waals surface area contributed by atoms with E-state index in [2.05, 4.69) is 9.44 Å². The second kappa shape index (κ2) is 8.18. The summed E-state index contributed by atoms with van der Waals surface area (Å²) in [7, 11) is -7.98. The third-order valence-corrected chi connectivity index (χ3v) is 6.48. The number of benzene rings is 3. The molecule has 0 radical (unpaired) electrons. The normalized spacial score (nSPS) is 11.8. The summed E-state index contributed by atoms with van der Waals surface area (Å²) in [4.78, 5) is -0.183. The van der Waals surface area contributed by atoms with E-state index >= 15 is 0 Å². The maximum absolute atomic E-state index is 13.7. The molecule has 29 heavy (non-hydrogen) atoms. The molecule has 6 nitrogen and oxygen atoms in total. The smallest absolute Gasteiger partial charge is 0.261 e. The van der Waals surface area contributed by atoms with Crippen molar-refractivity contribution >= 4 is 31.4 Å². The summed E-state index contributed by atoms with van der Waals surface area (Å²) >= 11 is 0. The molecule has 0 aliphatic rings. The molecule has 2 N–H and O–H groups in total. The van der Waals surface area contributed by atoms with Gasteiger partial charge in [0.25, 0.3) is 10.0 Å². The molecule has 3 rings (SSSR count). The standard InChI is InChI=1S/C19H16F2N2O4S2/c20-17-6-2-1-5-14(17)13-28(24,25)22-15-9-11-16(12-10-15)29(26,27)23-19-8-4-3-7-18(19)21/h1-12,22-23H,13H2. The van der Waals surface area contributed by atoms with Crippen molar-refractivity contribution in [1.82, 2.24) is 0 Å². The van der Waals surface area contributed by atoms with Crippen molar-refractivity contribution in [2.75, 3.05) is 9.44 Å². The van der Waals surface area contributed by atoms with Gasteiger partial charge in [-0.1, -0.05) is 30.3 Å². The lowest BCUT2D eigenvalue weighted by atomic mass is 10.2. The summed E-state index contributed by atoms with van der Waals surface area (Å²) in [5, 5.41) is 0. The summed E-state index contributed by atoms with van der Waals surface area (Å²) < 4.78 is 80.9. The zero-order chi connectivity index (χ0) is 21.1. The molecule has 0 saturated heterocycles. The molecule has 0 saturated carbocycles. The molecule has 0 unspecified atom stereocenters. The van der Waals surface area contributed by atoms with Crippen LogP contribution in [0.25, 0.3) is 0 Å². The highest BCUT2D eigenvalue weighted by Crippen LogP contribution is 2.21. The van der Waals surface area contributed by atoms with Gasteiger partial charge in [0, 0.05) is 11.3 Å². The highest BCUT2D eigenvalue weighted by molar-refractivity contribution is 7.92. The monoisotopic (exact) mass is 438 g/mol. The van der Waals surface area contributed by atoms with Gasteiger partial charge in [0.15, 0.2) is 0 Å². The lowest BCUT2D eigenvalue weighted by Gasteiger charge is -2.11. The molecule has 0 atom stereocenters. The highest BCUT2D eigenvalue weighted by Gasteiger charge is 2.18. The summed E-state index contributed by atoms with van der Waals surface area (Å²) in [6.07, 6.45) is 0. The molecular weight excluding hydrogens is 422 g/mol. The Labute approximate surface area is 167 Å². The molecule has 0 aliphatic carbocycles. The van der Waals surface area contributed by atoms with Crippen molar-refractivity contribution in [3.8, 4) is 0 Å². The second-order valence-corrected chi connectivity index (χ2v) is 9.47. The van der Waals surface area contributed by atoms with Gasteiger partial charge in [0.2, 0.25) is 10.0 Å². The fraction of sp³-hybridized carbons (Fsp3) is 0.0526. The number of para-hydroxylation sites is 1. The van der Waals surface area contributed by atoms with E-state index < -0.39 is 37.4 Å². The first-order valence-corrected chi connectivity index (χ1v) is 11.4. The number of hydrogen-bond donors (Lipinski definition) is 2. The highest BCUT2D eigenvalue weighted by atomic mass is 32.2. The van der Waals surface area contributed by atoms with Crippen molar-refractivity contribution < 1.29 is 25.6 Å². The van der Waals surface area contributed by atoms with Gasteiger partial charge >= 0.3 is 0 Å². The fourth-order valence-corrected chi connectivity index (χ4v) is 4.76. The van der Waals surface area contributed by atoms with Crippen LogP contribution in [0.15, 0.2) is 77.7 Å². The molecule has 0 fully saturated rings. The zero-order valence-electron chi connectivity index (χ0n) is 14.8. The zero-order valence-corrected chi connectivity index (χ0v) is 16.5. The van der Waals surface area contributed by atoms with Gasteiger partial charge in [-0.05, 0) is 42.5 Å². The van der Waals surface area contributed by atoms with Gasteiger partial charge in [0.05, 0.1) is 16.3 Å². The van der Waals surface area contributed by atoms with Crippen LogP contribution in [0, 0.1) is 11.6 Å². The van der Waals surface area contributed by atoms with Crippen molar-refractivity contribution in [3.05, 3.63) is 90.0 Å². The third-order valence-electron chi connectivity index (χ3n) is 3.86. The van der Waals surface area contributed by atoms with Crippen LogP contribution < -0.4 is 9.44 Å². The van der Waals surface area contributed by atoms with E-state index in [0.717, 1.165) is 12.1 Å². The molecule has 0 heterocycles. The fourth-order valence-electron chi connectivity index (χ4n) is 2.49. The van der Waals surface area contributed by atoms with Crippen LogP contribution in [-0.2, 0) is 25.8 Å². The summed E-state index contributed by atoms with van der Waals surface area (Å²) in [5.74, 6) is -1.94. The summed E-state index contributed by atoms with van der Waals surface area (Å²) in [6, 6.07) is 15.6. The maximum Gasteiger partial charge on any atom is 0.261 e. The van der Waals surface area contributed by atoms with Crippen LogP contribution >= 0.6 is 0 Å². The molecule has 0 amide bonds. The number of anilines is 2. The first-order valence-electron chi connectivity index (χ1n) is 8.28. The van der Waals surface area contributed by atoms with Gasteiger partial charge < -0.3 is 0 Å².